The van der Waals surface area contributed by atoms with E-state index in [0.717, 1.165) is 16.2 Å². The molecule has 14 heavy (non-hydrogen) atoms. The molecule has 0 saturated heterocycles. The van der Waals surface area contributed by atoms with E-state index in [4.69, 9.17) is 17.3 Å². The van der Waals surface area contributed by atoms with Crippen molar-refractivity contribution >= 4 is 39.4 Å². The Labute approximate surface area is 91.8 Å². The number of rotatable bonds is 2. The van der Waals surface area contributed by atoms with E-state index in [1.807, 2.05) is 0 Å². The molecule has 2 aromatic rings. The first-order chi connectivity index (χ1) is 6.65. The standard InChI is InChI=1S/C6H5ClN4OS2/c7-4-9-1-3(13-4)2-11-6(12)14-5(8)10-11/h1H,2H2,(H2,8,10). The molecule has 0 aliphatic rings. The highest BCUT2D eigenvalue weighted by atomic mass is 35.5. The molecule has 0 aliphatic carbocycles. The Morgan fingerprint density at radius 3 is 2.86 bits per heavy atom. The summed E-state index contributed by atoms with van der Waals surface area (Å²) in [6.45, 7) is 0.372. The van der Waals surface area contributed by atoms with Gasteiger partial charge in [-0.2, -0.15) is 0 Å². The minimum absolute atomic E-state index is 0.174. The van der Waals surface area contributed by atoms with Crippen molar-refractivity contribution in [1.82, 2.24) is 14.8 Å². The van der Waals surface area contributed by atoms with Gasteiger partial charge in [-0.15, -0.1) is 16.4 Å². The van der Waals surface area contributed by atoms with Crippen LogP contribution in [0.2, 0.25) is 4.47 Å². The van der Waals surface area contributed by atoms with E-state index in [0.29, 0.717) is 11.0 Å². The van der Waals surface area contributed by atoms with Gasteiger partial charge in [0.25, 0.3) is 0 Å². The van der Waals surface area contributed by atoms with Crippen molar-refractivity contribution in [1.29, 1.82) is 0 Å². The molecule has 0 atom stereocenters. The normalized spacial score (nSPS) is 10.6. The molecule has 5 nitrogen and oxygen atoms in total. The van der Waals surface area contributed by atoms with E-state index in [1.54, 1.807) is 6.20 Å². The number of thiazole rings is 1. The van der Waals surface area contributed by atoms with Crippen LogP contribution in [0.5, 0.6) is 0 Å². The molecule has 0 aromatic carbocycles. The third-order valence-corrected chi connectivity index (χ3v) is 3.23. The second-order valence-electron chi connectivity index (χ2n) is 2.44. The zero-order valence-electron chi connectivity index (χ0n) is 6.81. The molecule has 0 saturated carbocycles. The molecule has 0 spiro atoms. The second-order valence-corrected chi connectivity index (χ2v) is 5.11. The first-order valence-corrected chi connectivity index (χ1v) is 5.60. The van der Waals surface area contributed by atoms with Crippen molar-refractivity contribution in [2.75, 3.05) is 5.73 Å². The van der Waals surface area contributed by atoms with E-state index in [-0.39, 0.29) is 10.0 Å². The Hall–Kier alpha value is -0.920. The van der Waals surface area contributed by atoms with Gasteiger partial charge in [-0.1, -0.05) is 11.6 Å². The van der Waals surface area contributed by atoms with E-state index < -0.39 is 0 Å². The Morgan fingerprint density at radius 1 is 1.57 bits per heavy atom. The molecule has 2 aromatic heterocycles. The molecule has 0 radical (unpaired) electrons. The van der Waals surface area contributed by atoms with Gasteiger partial charge >= 0.3 is 4.87 Å². The topological polar surface area (TPSA) is 73.8 Å². The number of hydrogen-bond donors (Lipinski definition) is 1. The Morgan fingerprint density at radius 2 is 2.36 bits per heavy atom. The fourth-order valence-corrected chi connectivity index (χ4v) is 2.42. The summed E-state index contributed by atoms with van der Waals surface area (Å²) in [6.07, 6.45) is 1.62. The lowest BCUT2D eigenvalue weighted by Gasteiger charge is -1.93. The quantitative estimate of drug-likeness (QED) is 0.862. The van der Waals surface area contributed by atoms with E-state index in [2.05, 4.69) is 10.1 Å². The molecule has 8 heteroatoms. The molecular weight excluding hydrogens is 244 g/mol. The number of nitrogens with two attached hydrogens (primary N) is 1. The SMILES string of the molecule is Nc1nn(Cc2cnc(Cl)s2)c(=O)s1. The third-order valence-electron chi connectivity index (χ3n) is 1.45. The second kappa shape index (κ2) is 3.68. The summed E-state index contributed by atoms with van der Waals surface area (Å²) in [4.78, 5) is 15.8. The van der Waals surface area contributed by atoms with Gasteiger partial charge in [-0.3, -0.25) is 4.79 Å². The highest BCUT2D eigenvalue weighted by Crippen LogP contribution is 2.18. The molecule has 0 aliphatic heterocycles. The van der Waals surface area contributed by atoms with Crippen LogP contribution < -0.4 is 10.6 Å². The molecule has 2 N–H and O–H groups in total. The first-order valence-electron chi connectivity index (χ1n) is 3.59. The van der Waals surface area contributed by atoms with Crippen molar-refractivity contribution in [2.45, 2.75) is 6.54 Å². The summed E-state index contributed by atoms with van der Waals surface area (Å²) in [5, 5.41) is 4.12. The van der Waals surface area contributed by atoms with Gasteiger partial charge in [0.05, 0.1) is 6.54 Å². The van der Waals surface area contributed by atoms with Crippen LogP contribution in [0.3, 0.4) is 0 Å². The smallest absolute Gasteiger partial charge is 0.327 e. The average Bonchev–Trinajstić information content (AvgIpc) is 2.61. The van der Waals surface area contributed by atoms with Crippen molar-refractivity contribution in [2.24, 2.45) is 0 Å². The number of anilines is 1. The summed E-state index contributed by atoms with van der Waals surface area (Å²) in [7, 11) is 0. The van der Waals surface area contributed by atoms with Crippen molar-refractivity contribution < 1.29 is 0 Å². The Kier molecular flexibility index (Phi) is 2.53. The van der Waals surface area contributed by atoms with Crippen LogP contribution in [-0.2, 0) is 6.54 Å². The van der Waals surface area contributed by atoms with Gasteiger partial charge in [-0.05, 0) is 11.3 Å². The van der Waals surface area contributed by atoms with Crippen molar-refractivity contribution in [3.8, 4) is 0 Å². The molecule has 74 valence electrons. The monoisotopic (exact) mass is 248 g/mol. The number of nitrogens with zero attached hydrogens (tertiary/aromatic N) is 3. The third kappa shape index (κ3) is 1.94. The van der Waals surface area contributed by atoms with E-state index in [9.17, 15) is 4.79 Å². The Bertz CT molecular complexity index is 502. The fraction of sp³-hybridized carbons (Fsp3) is 0.167. The van der Waals surface area contributed by atoms with Crippen LogP contribution in [0.1, 0.15) is 4.88 Å². The van der Waals surface area contributed by atoms with Gasteiger partial charge in [0.2, 0.25) is 5.13 Å². The lowest BCUT2D eigenvalue weighted by Crippen LogP contribution is -2.14. The summed E-state index contributed by atoms with van der Waals surface area (Å²) >= 11 is 7.89. The Balaban J connectivity index is 2.26. The van der Waals surface area contributed by atoms with Crippen LogP contribution in [0, 0.1) is 0 Å². The highest BCUT2D eigenvalue weighted by Gasteiger charge is 2.06. The molecule has 0 bridgehead atoms. The summed E-state index contributed by atoms with van der Waals surface area (Å²) in [6, 6.07) is 0. The van der Waals surface area contributed by atoms with Crippen LogP contribution in [0.15, 0.2) is 11.0 Å². The lowest BCUT2D eigenvalue weighted by molar-refractivity contribution is 0.676. The predicted molar refractivity (Wildman–Crippen MR) is 57.0 cm³/mol. The summed E-state index contributed by atoms with van der Waals surface area (Å²) < 4.78 is 1.75. The predicted octanol–water partition coefficient (Wildman–Crippen LogP) is 1.05. The largest absolute Gasteiger partial charge is 0.374 e. The van der Waals surface area contributed by atoms with E-state index >= 15 is 0 Å². The van der Waals surface area contributed by atoms with Crippen LogP contribution in [0.25, 0.3) is 0 Å². The molecule has 0 amide bonds. The first kappa shape index (κ1) is 9.63. The van der Waals surface area contributed by atoms with Gasteiger partial charge in [0, 0.05) is 11.1 Å². The van der Waals surface area contributed by atoms with Crippen LogP contribution in [0.4, 0.5) is 5.13 Å². The van der Waals surface area contributed by atoms with E-state index in [1.165, 1.54) is 16.0 Å². The maximum atomic E-state index is 11.2. The van der Waals surface area contributed by atoms with Crippen LogP contribution in [-0.4, -0.2) is 14.8 Å². The molecule has 0 unspecified atom stereocenters. The molecule has 0 fully saturated rings. The fourth-order valence-electron chi connectivity index (χ4n) is 0.927. The number of nitrogen functional groups attached to an aromatic ring is 1. The number of halogens is 1. The zero-order valence-corrected chi connectivity index (χ0v) is 9.20. The average molecular weight is 249 g/mol. The minimum atomic E-state index is -0.174. The summed E-state index contributed by atoms with van der Waals surface area (Å²) in [5.41, 5.74) is 5.39. The van der Waals surface area contributed by atoms with Crippen LogP contribution >= 0.6 is 34.3 Å². The molecular formula is C6H5ClN4OS2. The lowest BCUT2D eigenvalue weighted by atomic mass is 10.5. The van der Waals surface area contributed by atoms with Gasteiger partial charge in [0.1, 0.15) is 0 Å². The minimum Gasteiger partial charge on any atom is -0.374 e. The maximum absolute atomic E-state index is 11.2. The maximum Gasteiger partial charge on any atom is 0.327 e. The van der Waals surface area contributed by atoms with Gasteiger partial charge < -0.3 is 5.73 Å². The number of aromatic nitrogens is 3. The molecule has 2 heterocycles. The molecule has 2 rings (SSSR count). The van der Waals surface area contributed by atoms with Gasteiger partial charge in [-0.25, -0.2) is 9.67 Å². The number of hydrogen-bond acceptors (Lipinski definition) is 6. The van der Waals surface area contributed by atoms with Crippen molar-refractivity contribution in [3.63, 3.8) is 0 Å². The van der Waals surface area contributed by atoms with Crippen molar-refractivity contribution in [3.05, 3.63) is 25.2 Å². The zero-order chi connectivity index (χ0) is 10.1. The highest BCUT2D eigenvalue weighted by molar-refractivity contribution is 7.15. The summed E-state index contributed by atoms with van der Waals surface area (Å²) in [5.74, 6) is 0. The van der Waals surface area contributed by atoms with Gasteiger partial charge in [0.15, 0.2) is 4.47 Å².